The summed E-state index contributed by atoms with van der Waals surface area (Å²) in [5.74, 6) is 0. The summed E-state index contributed by atoms with van der Waals surface area (Å²) < 4.78 is 5.72. The summed E-state index contributed by atoms with van der Waals surface area (Å²) in [6.07, 6.45) is 2.22. The number of ether oxygens (including phenoxy) is 1. The minimum absolute atomic E-state index is 0.00399. The Morgan fingerprint density at radius 3 is 2.83 bits per heavy atom. The maximum Gasteiger partial charge on any atom is 0.0753 e. The van der Waals surface area contributed by atoms with E-state index in [4.69, 9.17) is 10.5 Å². The van der Waals surface area contributed by atoms with Crippen LogP contribution in [0.5, 0.6) is 0 Å². The van der Waals surface area contributed by atoms with Crippen molar-refractivity contribution in [2.75, 3.05) is 32.0 Å². The van der Waals surface area contributed by atoms with E-state index >= 15 is 0 Å². The first-order valence-electron chi connectivity index (χ1n) is 6.76. The highest BCUT2D eigenvalue weighted by atomic mass is 16.5. The van der Waals surface area contributed by atoms with Gasteiger partial charge in [-0.1, -0.05) is 18.2 Å². The van der Waals surface area contributed by atoms with Crippen molar-refractivity contribution in [3.63, 3.8) is 0 Å². The van der Waals surface area contributed by atoms with Crippen LogP contribution in [-0.2, 0) is 11.2 Å². The third-order valence-electron chi connectivity index (χ3n) is 3.48. The number of nitrogens with zero attached hydrogens (tertiary/aromatic N) is 1. The smallest absolute Gasteiger partial charge is 0.0753 e. The number of hydrogen-bond donors (Lipinski definition) is 1. The molecule has 3 nitrogen and oxygen atoms in total. The molecule has 2 rings (SSSR count). The summed E-state index contributed by atoms with van der Waals surface area (Å²) in [5.41, 5.74) is 8.14. The quantitative estimate of drug-likeness (QED) is 0.831. The first-order chi connectivity index (χ1) is 8.57. The minimum atomic E-state index is 0.00399. The van der Waals surface area contributed by atoms with Crippen LogP contribution in [0.1, 0.15) is 25.8 Å². The van der Waals surface area contributed by atoms with Crippen LogP contribution in [0, 0.1) is 0 Å². The summed E-state index contributed by atoms with van der Waals surface area (Å²) >= 11 is 0. The largest absolute Gasteiger partial charge is 0.399 e. The van der Waals surface area contributed by atoms with Gasteiger partial charge in [-0.3, -0.25) is 4.90 Å². The molecule has 18 heavy (non-hydrogen) atoms. The van der Waals surface area contributed by atoms with Gasteiger partial charge in [0.1, 0.15) is 0 Å². The van der Waals surface area contributed by atoms with Gasteiger partial charge in [0.15, 0.2) is 0 Å². The fraction of sp³-hybridized carbons (Fsp3) is 0.600. The van der Waals surface area contributed by atoms with Gasteiger partial charge in [-0.05, 0) is 44.9 Å². The second-order valence-corrected chi connectivity index (χ2v) is 5.69. The highest BCUT2D eigenvalue weighted by Gasteiger charge is 2.26. The average Bonchev–Trinajstić information content (AvgIpc) is 2.30. The van der Waals surface area contributed by atoms with Gasteiger partial charge in [-0.25, -0.2) is 0 Å². The Hall–Kier alpha value is -1.06. The van der Waals surface area contributed by atoms with E-state index in [1.807, 2.05) is 12.1 Å². The van der Waals surface area contributed by atoms with E-state index in [9.17, 15) is 0 Å². The van der Waals surface area contributed by atoms with E-state index < -0.39 is 0 Å². The van der Waals surface area contributed by atoms with Crippen LogP contribution >= 0.6 is 0 Å². The number of nitrogen functional groups attached to an aromatic ring is 1. The molecule has 0 radical (unpaired) electrons. The lowest BCUT2D eigenvalue weighted by molar-refractivity contribution is -0.0859. The van der Waals surface area contributed by atoms with Gasteiger partial charge < -0.3 is 10.5 Å². The molecule has 1 aliphatic rings. The normalized spacial score (nSPS) is 19.9. The lowest BCUT2D eigenvalue weighted by Gasteiger charge is -2.38. The van der Waals surface area contributed by atoms with Gasteiger partial charge in [0.2, 0.25) is 0 Å². The topological polar surface area (TPSA) is 38.5 Å². The maximum atomic E-state index is 5.95. The molecule has 0 amide bonds. The first-order valence-corrected chi connectivity index (χ1v) is 6.76. The number of benzene rings is 1. The molecular formula is C15H24N2O. The SMILES string of the molecule is CC1(C)CN(CCCc2ccccc2N)CCO1. The van der Waals surface area contributed by atoms with Crippen molar-refractivity contribution in [3.8, 4) is 0 Å². The molecule has 0 saturated carbocycles. The number of rotatable bonds is 4. The molecule has 0 atom stereocenters. The molecular weight excluding hydrogens is 224 g/mol. The monoisotopic (exact) mass is 248 g/mol. The van der Waals surface area contributed by atoms with Crippen molar-refractivity contribution >= 4 is 5.69 Å². The number of anilines is 1. The van der Waals surface area contributed by atoms with Gasteiger partial charge in [-0.2, -0.15) is 0 Å². The number of nitrogens with two attached hydrogens (primary N) is 1. The van der Waals surface area contributed by atoms with Crippen LogP contribution in [0.4, 0.5) is 5.69 Å². The summed E-state index contributed by atoms with van der Waals surface area (Å²) in [7, 11) is 0. The van der Waals surface area contributed by atoms with Crippen molar-refractivity contribution in [2.45, 2.75) is 32.3 Å². The Labute approximate surface area is 110 Å². The van der Waals surface area contributed by atoms with Crippen molar-refractivity contribution in [1.29, 1.82) is 0 Å². The van der Waals surface area contributed by atoms with Crippen LogP contribution in [-0.4, -0.2) is 36.7 Å². The van der Waals surface area contributed by atoms with E-state index in [0.29, 0.717) is 0 Å². The Balaban J connectivity index is 1.77. The molecule has 2 N–H and O–H groups in total. The molecule has 100 valence electrons. The van der Waals surface area contributed by atoms with E-state index in [-0.39, 0.29) is 5.60 Å². The van der Waals surface area contributed by atoms with Crippen LogP contribution < -0.4 is 5.73 Å². The Bertz CT molecular complexity index is 390. The molecule has 0 unspecified atom stereocenters. The average molecular weight is 248 g/mol. The van der Waals surface area contributed by atoms with Crippen molar-refractivity contribution < 1.29 is 4.74 Å². The van der Waals surface area contributed by atoms with Crippen LogP contribution in [0.2, 0.25) is 0 Å². The second kappa shape index (κ2) is 5.72. The van der Waals surface area contributed by atoms with Crippen molar-refractivity contribution in [2.24, 2.45) is 0 Å². The third-order valence-corrected chi connectivity index (χ3v) is 3.48. The number of morpholine rings is 1. The van der Waals surface area contributed by atoms with Gasteiger partial charge >= 0.3 is 0 Å². The lowest BCUT2D eigenvalue weighted by Crippen LogP contribution is -2.48. The standard InChI is InChI=1S/C15H24N2O/c1-15(2)12-17(10-11-18-15)9-5-7-13-6-3-4-8-14(13)16/h3-4,6,8H,5,7,9-12,16H2,1-2H3. The van der Waals surface area contributed by atoms with Crippen LogP contribution in [0.15, 0.2) is 24.3 Å². The van der Waals surface area contributed by atoms with E-state index in [1.54, 1.807) is 0 Å². The summed E-state index contributed by atoms with van der Waals surface area (Å²) in [5, 5.41) is 0. The molecule has 1 aromatic rings. The second-order valence-electron chi connectivity index (χ2n) is 5.69. The zero-order chi connectivity index (χ0) is 13.0. The Morgan fingerprint density at radius 2 is 2.11 bits per heavy atom. The van der Waals surface area contributed by atoms with Crippen molar-refractivity contribution in [1.82, 2.24) is 4.90 Å². The van der Waals surface area contributed by atoms with Gasteiger partial charge in [0, 0.05) is 18.8 Å². The maximum absolute atomic E-state index is 5.95. The molecule has 0 aromatic heterocycles. The molecule has 1 heterocycles. The predicted octanol–water partition coefficient (Wildman–Crippen LogP) is 2.31. The summed E-state index contributed by atoms with van der Waals surface area (Å²) in [6.45, 7) is 8.37. The van der Waals surface area contributed by atoms with Crippen LogP contribution in [0.3, 0.4) is 0 Å². The Morgan fingerprint density at radius 1 is 1.33 bits per heavy atom. The molecule has 0 aliphatic carbocycles. The number of para-hydroxylation sites is 1. The number of hydrogen-bond acceptors (Lipinski definition) is 3. The molecule has 1 saturated heterocycles. The highest BCUT2D eigenvalue weighted by Crippen LogP contribution is 2.18. The van der Waals surface area contributed by atoms with E-state index in [2.05, 4.69) is 30.9 Å². The molecule has 0 bridgehead atoms. The van der Waals surface area contributed by atoms with Gasteiger partial charge in [0.25, 0.3) is 0 Å². The molecule has 3 heteroatoms. The zero-order valence-corrected chi connectivity index (χ0v) is 11.5. The highest BCUT2D eigenvalue weighted by molar-refractivity contribution is 5.46. The van der Waals surface area contributed by atoms with Gasteiger partial charge in [-0.15, -0.1) is 0 Å². The molecule has 1 aliphatic heterocycles. The molecule has 1 aromatic carbocycles. The van der Waals surface area contributed by atoms with Gasteiger partial charge in [0.05, 0.1) is 12.2 Å². The summed E-state index contributed by atoms with van der Waals surface area (Å²) in [4.78, 5) is 2.49. The fourth-order valence-corrected chi connectivity index (χ4v) is 2.56. The van der Waals surface area contributed by atoms with E-state index in [1.165, 1.54) is 5.56 Å². The van der Waals surface area contributed by atoms with Crippen LogP contribution in [0.25, 0.3) is 0 Å². The predicted molar refractivity (Wildman–Crippen MR) is 75.6 cm³/mol. The molecule has 0 spiro atoms. The first kappa shape index (κ1) is 13.4. The zero-order valence-electron chi connectivity index (χ0n) is 11.5. The molecule has 1 fully saturated rings. The number of aryl methyl sites for hydroxylation is 1. The summed E-state index contributed by atoms with van der Waals surface area (Å²) in [6, 6.07) is 8.15. The third kappa shape index (κ3) is 3.72. The minimum Gasteiger partial charge on any atom is -0.399 e. The lowest BCUT2D eigenvalue weighted by atomic mass is 10.1. The fourth-order valence-electron chi connectivity index (χ4n) is 2.56. The van der Waals surface area contributed by atoms with Crippen molar-refractivity contribution in [3.05, 3.63) is 29.8 Å². The Kier molecular flexibility index (Phi) is 4.25. The van der Waals surface area contributed by atoms with E-state index in [0.717, 1.165) is 44.8 Å².